The molecule has 0 aliphatic carbocycles. The Bertz CT molecular complexity index is 432. The number of benzene rings is 1. The van der Waals surface area contributed by atoms with Gasteiger partial charge in [0.25, 0.3) is 11.6 Å². The van der Waals surface area contributed by atoms with Gasteiger partial charge < -0.3 is 5.32 Å². The molecule has 1 rings (SSSR count). The molecule has 15 heavy (non-hydrogen) atoms. The van der Waals surface area contributed by atoms with Crippen molar-refractivity contribution in [2.75, 3.05) is 7.05 Å². The van der Waals surface area contributed by atoms with Crippen LogP contribution in [-0.2, 0) is 0 Å². The van der Waals surface area contributed by atoms with Gasteiger partial charge in [0, 0.05) is 28.7 Å². The SMILES string of the molecule is CNC(=O)c1cc(Br)c(C)c([N+](=O)[O-])c1. The van der Waals surface area contributed by atoms with E-state index >= 15 is 0 Å². The third kappa shape index (κ3) is 2.33. The summed E-state index contributed by atoms with van der Waals surface area (Å²) in [5, 5.41) is 13.1. The van der Waals surface area contributed by atoms with Crippen LogP contribution in [0.4, 0.5) is 5.69 Å². The maximum atomic E-state index is 11.3. The highest BCUT2D eigenvalue weighted by Crippen LogP contribution is 2.27. The molecule has 0 radical (unpaired) electrons. The highest BCUT2D eigenvalue weighted by atomic mass is 79.9. The Balaban J connectivity index is 3.35. The topological polar surface area (TPSA) is 72.2 Å². The summed E-state index contributed by atoms with van der Waals surface area (Å²) in [6.07, 6.45) is 0. The van der Waals surface area contributed by atoms with Crippen LogP contribution < -0.4 is 5.32 Å². The molecule has 80 valence electrons. The Kier molecular flexibility index (Phi) is 3.41. The first kappa shape index (κ1) is 11.6. The number of amides is 1. The summed E-state index contributed by atoms with van der Waals surface area (Å²) < 4.78 is 0.551. The maximum Gasteiger partial charge on any atom is 0.274 e. The third-order valence-corrected chi connectivity index (χ3v) is 2.83. The Morgan fingerprint density at radius 1 is 1.53 bits per heavy atom. The first-order valence-corrected chi connectivity index (χ1v) is 4.93. The molecule has 0 saturated carbocycles. The van der Waals surface area contributed by atoms with Gasteiger partial charge in [-0.3, -0.25) is 14.9 Å². The molecule has 6 heteroatoms. The fraction of sp³-hybridized carbons (Fsp3) is 0.222. The molecule has 1 aromatic rings. The van der Waals surface area contributed by atoms with E-state index in [1.165, 1.54) is 13.1 Å². The number of rotatable bonds is 2. The Hall–Kier alpha value is -1.43. The molecule has 0 atom stereocenters. The number of nitro groups is 1. The lowest BCUT2D eigenvalue weighted by Gasteiger charge is -2.04. The normalized spacial score (nSPS) is 9.80. The molecule has 0 heterocycles. The summed E-state index contributed by atoms with van der Waals surface area (Å²) in [5.41, 5.74) is 0.706. The van der Waals surface area contributed by atoms with E-state index in [4.69, 9.17) is 0 Å². The molecule has 0 aliphatic rings. The van der Waals surface area contributed by atoms with Crippen LogP contribution >= 0.6 is 15.9 Å². The van der Waals surface area contributed by atoms with Gasteiger partial charge in [0.05, 0.1) is 4.92 Å². The lowest BCUT2D eigenvalue weighted by atomic mass is 10.1. The molecule has 0 fully saturated rings. The van der Waals surface area contributed by atoms with Gasteiger partial charge in [-0.25, -0.2) is 0 Å². The summed E-state index contributed by atoms with van der Waals surface area (Å²) >= 11 is 3.18. The standard InChI is InChI=1S/C9H9BrN2O3/c1-5-7(10)3-6(9(13)11-2)4-8(5)12(14)15/h3-4H,1-2H3,(H,11,13). The number of carbonyl (C=O) groups is 1. The van der Waals surface area contributed by atoms with Gasteiger partial charge in [-0.1, -0.05) is 15.9 Å². The number of halogens is 1. The van der Waals surface area contributed by atoms with Gasteiger partial charge in [0.15, 0.2) is 0 Å². The summed E-state index contributed by atoms with van der Waals surface area (Å²) in [6, 6.07) is 2.82. The van der Waals surface area contributed by atoms with Crippen LogP contribution in [-0.4, -0.2) is 17.9 Å². The van der Waals surface area contributed by atoms with Crippen molar-refractivity contribution in [2.45, 2.75) is 6.92 Å². The van der Waals surface area contributed by atoms with Crippen molar-refractivity contribution in [1.82, 2.24) is 5.32 Å². The van der Waals surface area contributed by atoms with Crippen LogP contribution in [0.3, 0.4) is 0 Å². The zero-order valence-corrected chi connectivity index (χ0v) is 9.79. The van der Waals surface area contributed by atoms with Crippen molar-refractivity contribution >= 4 is 27.5 Å². The van der Waals surface area contributed by atoms with Gasteiger partial charge in [-0.2, -0.15) is 0 Å². The molecule has 0 aromatic heterocycles. The van der Waals surface area contributed by atoms with E-state index in [1.54, 1.807) is 13.0 Å². The van der Waals surface area contributed by atoms with Crippen LogP contribution in [0.25, 0.3) is 0 Å². The molecule has 0 saturated heterocycles. The Morgan fingerprint density at radius 3 is 2.60 bits per heavy atom. The molecule has 0 unspecified atom stereocenters. The zero-order valence-electron chi connectivity index (χ0n) is 8.20. The second-order valence-electron chi connectivity index (χ2n) is 2.94. The van der Waals surface area contributed by atoms with Gasteiger partial charge >= 0.3 is 0 Å². The second-order valence-corrected chi connectivity index (χ2v) is 3.79. The van der Waals surface area contributed by atoms with Crippen LogP contribution in [0, 0.1) is 17.0 Å². The molecule has 1 amide bonds. The fourth-order valence-electron chi connectivity index (χ4n) is 1.13. The summed E-state index contributed by atoms with van der Waals surface area (Å²) in [6.45, 7) is 1.62. The average Bonchev–Trinajstić information content (AvgIpc) is 2.20. The van der Waals surface area contributed by atoms with E-state index in [0.29, 0.717) is 10.0 Å². The average molecular weight is 273 g/mol. The van der Waals surface area contributed by atoms with Crippen molar-refractivity contribution in [2.24, 2.45) is 0 Å². The second kappa shape index (κ2) is 4.39. The number of nitrogens with one attached hydrogen (secondary N) is 1. The quantitative estimate of drug-likeness (QED) is 0.661. The monoisotopic (exact) mass is 272 g/mol. The van der Waals surface area contributed by atoms with E-state index in [1.807, 2.05) is 0 Å². The highest BCUT2D eigenvalue weighted by Gasteiger charge is 2.17. The third-order valence-electron chi connectivity index (χ3n) is 2.00. The smallest absolute Gasteiger partial charge is 0.274 e. The number of nitrogens with zero attached hydrogens (tertiary/aromatic N) is 1. The van der Waals surface area contributed by atoms with Crippen LogP contribution in [0.5, 0.6) is 0 Å². The van der Waals surface area contributed by atoms with Gasteiger partial charge in [-0.15, -0.1) is 0 Å². The summed E-state index contributed by atoms with van der Waals surface area (Å²) in [5.74, 6) is -0.348. The Morgan fingerprint density at radius 2 is 2.13 bits per heavy atom. The number of hydrogen-bond acceptors (Lipinski definition) is 3. The predicted octanol–water partition coefficient (Wildman–Crippen LogP) is 2.03. The molecular weight excluding hydrogens is 264 g/mol. The van der Waals surface area contributed by atoms with E-state index < -0.39 is 4.92 Å². The largest absolute Gasteiger partial charge is 0.355 e. The van der Waals surface area contributed by atoms with Crippen molar-refractivity contribution in [1.29, 1.82) is 0 Å². The number of nitro benzene ring substituents is 1. The molecule has 1 N–H and O–H groups in total. The minimum absolute atomic E-state index is 0.0667. The lowest BCUT2D eigenvalue weighted by molar-refractivity contribution is -0.385. The minimum atomic E-state index is -0.507. The van der Waals surface area contributed by atoms with Crippen molar-refractivity contribution in [3.8, 4) is 0 Å². The maximum absolute atomic E-state index is 11.3. The van der Waals surface area contributed by atoms with Crippen molar-refractivity contribution in [3.63, 3.8) is 0 Å². The molecule has 0 spiro atoms. The van der Waals surface area contributed by atoms with Crippen molar-refractivity contribution < 1.29 is 9.72 Å². The van der Waals surface area contributed by atoms with Crippen LogP contribution in [0.2, 0.25) is 0 Å². The first-order valence-electron chi connectivity index (χ1n) is 4.14. The van der Waals surface area contributed by atoms with E-state index in [9.17, 15) is 14.9 Å². The number of carbonyl (C=O) groups excluding carboxylic acids is 1. The summed E-state index contributed by atoms with van der Waals surface area (Å²) in [4.78, 5) is 21.5. The van der Waals surface area contributed by atoms with Crippen LogP contribution in [0.15, 0.2) is 16.6 Å². The number of hydrogen-bond donors (Lipinski definition) is 1. The van der Waals surface area contributed by atoms with E-state index in [-0.39, 0.29) is 17.2 Å². The van der Waals surface area contributed by atoms with Crippen molar-refractivity contribution in [3.05, 3.63) is 37.8 Å². The zero-order chi connectivity index (χ0) is 11.6. The van der Waals surface area contributed by atoms with Gasteiger partial charge in [0.1, 0.15) is 0 Å². The molecular formula is C9H9BrN2O3. The van der Waals surface area contributed by atoms with Gasteiger partial charge in [-0.05, 0) is 13.0 Å². The molecule has 1 aromatic carbocycles. The highest BCUT2D eigenvalue weighted by molar-refractivity contribution is 9.10. The predicted molar refractivity (Wildman–Crippen MR) is 58.9 cm³/mol. The van der Waals surface area contributed by atoms with E-state index in [0.717, 1.165) is 0 Å². The summed E-state index contributed by atoms with van der Waals surface area (Å²) in [7, 11) is 1.47. The minimum Gasteiger partial charge on any atom is -0.355 e. The molecule has 0 bridgehead atoms. The molecule has 0 aliphatic heterocycles. The molecule has 5 nitrogen and oxygen atoms in total. The first-order chi connectivity index (χ1) is 6.97. The van der Waals surface area contributed by atoms with Crippen LogP contribution in [0.1, 0.15) is 15.9 Å². The lowest BCUT2D eigenvalue weighted by Crippen LogP contribution is -2.18. The Labute approximate surface area is 94.8 Å². The fourth-order valence-corrected chi connectivity index (χ4v) is 1.58. The van der Waals surface area contributed by atoms with Gasteiger partial charge in [0.2, 0.25) is 0 Å². The van der Waals surface area contributed by atoms with E-state index in [2.05, 4.69) is 21.2 Å².